The third-order valence-electron chi connectivity index (χ3n) is 3.35. The molecular formula is C15H16N2O9S4. The average molecular weight is 497 g/mol. The van der Waals surface area contributed by atoms with E-state index in [2.05, 4.69) is 13.9 Å². The highest BCUT2D eigenvalue weighted by Crippen LogP contribution is 2.28. The molecule has 2 rings (SSSR count). The van der Waals surface area contributed by atoms with Crippen LogP contribution in [0.1, 0.15) is 30.5 Å². The quantitative estimate of drug-likeness (QED) is 0.364. The minimum Gasteiger partial charge on any atom is -0.465 e. The van der Waals surface area contributed by atoms with E-state index in [9.17, 15) is 31.2 Å². The second-order valence-electron chi connectivity index (χ2n) is 5.26. The monoisotopic (exact) mass is 496 g/mol. The molecule has 0 saturated carbocycles. The van der Waals surface area contributed by atoms with Crippen molar-refractivity contribution in [3.05, 3.63) is 31.6 Å². The van der Waals surface area contributed by atoms with Gasteiger partial charge in [-0.3, -0.25) is 0 Å². The van der Waals surface area contributed by atoms with Gasteiger partial charge in [0.2, 0.25) is 10.0 Å². The molecule has 0 radical (unpaired) electrons. The first-order valence-corrected chi connectivity index (χ1v) is 12.3. The third kappa shape index (κ3) is 5.81. The smallest absolute Gasteiger partial charge is 0.340 e. The van der Waals surface area contributed by atoms with Gasteiger partial charge in [-0.15, -0.1) is 22.7 Å². The van der Waals surface area contributed by atoms with Crippen molar-refractivity contribution in [2.75, 3.05) is 14.2 Å². The van der Waals surface area contributed by atoms with Gasteiger partial charge in [-0.2, -0.15) is 8.42 Å². The fourth-order valence-electron chi connectivity index (χ4n) is 2.16. The Kier molecular flexibility index (Phi) is 8.59. The molecule has 0 fully saturated rings. The number of esters is 2. The number of nitrogens with zero attached hydrogens (tertiary/aromatic N) is 1. The first-order valence-electron chi connectivity index (χ1n) is 7.51. The highest BCUT2D eigenvalue weighted by molar-refractivity contribution is 7.90. The number of carbonyl (C=O) groups excluding carboxylic acids is 3. The molecule has 0 aliphatic heterocycles. The number of ether oxygens (including phenoxy) is 2. The van der Waals surface area contributed by atoms with Crippen molar-refractivity contribution >= 4 is 60.7 Å². The lowest BCUT2D eigenvalue weighted by Crippen LogP contribution is -2.16. The number of carbonyl (C=O) groups is 2. The predicted octanol–water partition coefficient (Wildman–Crippen LogP) is 1.36. The van der Waals surface area contributed by atoms with Crippen molar-refractivity contribution in [2.24, 2.45) is 9.54 Å². The molecule has 0 unspecified atom stereocenters. The van der Waals surface area contributed by atoms with E-state index < -0.39 is 32.0 Å². The van der Waals surface area contributed by atoms with Crippen molar-refractivity contribution < 1.29 is 40.7 Å². The summed E-state index contributed by atoms with van der Waals surface area (Å²) in [4.78, 5) is 32.8. The number of sulfonamides is 2. The molecule has 0 amide bonds. The minimum absolute atomic E-state index is 0.00231. The van der Waals surface area contributed by atoms with Crippen LogP contribution in [0.3, 0.4) is 0 Å². The number of nitrogens with two attached hydrogens (primary N) is 1. The zero-order valence-electron chi connectivity index (χ0n) is 16.0. The van der Waals surface area contributed by atoms with Gasteiger partial charge in [-0.1, -0.05) is 4.40 Å². The molecule has 0 bridgehead atoms. The van der Waals surface area contributed by atoms with Crippen molar-refractivity contribution in [3.8, 4) is 0 Å². The Morgan fingerprint density at radius 2 is 1.33 bits per heavy atom. The minimum atomic E-state index is -4.17. The van der Waals surface area contributed by atoms with Gasteiger partial charge in [0.15, 0.2) is 0 Å². The zero-order chi connectivity index (χ0) is 23.3. The lowest BCUT2D eigenvalue weighted by Gasteiger charge is -2.00. The SMILES string of the molecule is COC(=O)c1csc(C)c1S(=O)(=O)N=C=O.COC(=O)c1csc(C)c1S(N)(=O)=O. The van der Waals surface area contributed by atoms with Gasteiger partial charge in [0, 0.05) is 20.5 Å². The summed E-state index contributed by atoms with van der Waals surface area (Å²) in [6, 6.07) is 0. The predicted molar refractivity (Wildman–Crippen MR) is 107 cm³/mol. The summed E-state index contributed by atoms with van der Waals surface area (Å²) in [6.07, 6.45) is 0.947. The summed E-state index contributed by atoms with van der Waals surface area (Å²) in [6.45, 7) is 3.08. The Balaban J connectivity index is 0.000000303. The van der Waals surface area contributed by atoms with Gasteiger partial charge in [0.1, 0.15) is 9.79 Å². The second-order valence-corrected chi connectivity index (χ2v) is 10.5. The molecule has 164 valence electrons. The summed E-state index contributed by atoms with van der Waals surface area (Å²) in [5, 5.41) is 7.73. The molecule has 0 atom stereocenters. The van der Waals surface area contributed by atoms with Gasteiger partial charge < -0.3 is 9.47 Å². The summed E-state index contributed by atoms with van der Waals surface area (Å²) in [7, 11) is -5.72. The zero-order valence-corrected chi connectivity index (χ0v) is 19.3. The topological polar surface area (TPSA) is 176 Å². The van der Waals surface area contributed by atoms with Crippen molar-refractivity contribution in [2.45, 2.75) is 23.6 Å². The molecule has 30 heavy (non-hydrogen) atoms. The maximum atomic E-state index is 11.5. The molecule has 0 saturated heterocycles. The number of aryl methyl sites for hydroxylation is 2. The standard InChI is InChI=1S/C8H7NO5S2.C7H9NO4S2/c1-5-7(16(12,13)9-4-10)6(3-15-5)8(11)14-2;1-4-6(14(8,10)11)5(3-13-4)7(9)12-2/h3H,1-2H3;3H,1-2H3,(H2,8,10,11). The Morgan fingerprint density at radius 1 is 0.933 bits per heavy atom. The molecule has 2 N–H and O–H groups in total. The van der Waals surface area contributed by atoms with Crippen LogP contribution in [0.15, 0.2) is 24.9 Å². The maximum Gasteiger partial charge on any atom is 0.340 e. The second kappa shape index (κ2) is 10.1. The number of hydrogen-bond donors (Lipinski definition) is 1. The molecule has 15 heteroatoms. The first kappa shape index (κ1) is 25.6. The van der Waals surface area contributed by atoms with E-state index in [0.29, 0.717) is 9.75 Å². The van der Waals surface area contributed by atoms with Crippen LogP contribution < -0.4 is 5.14 Å². The van der Waals surface area contributed by atoms with E-state index >= 15 is 0 Å². The van der Waals surface area contributed by atoms with Crippen LogP contribution in [0.4, 0.5) is 0 Å². The van der Waals surface area contributed by atoms with E-state index in [0.717, 1.165) is 35.9 Å². The van der Waals surface area contributed by atoms with Gasteiger partial charge in [0.25, 0.3) is 16.1 Å². The van der Waals surface area contributed by atoms with Crippen LogP contribution in [0.25, 0.3) is 0 Å². The highest BCUT2D eigenvalue weighted by Gasteiger charge is 2.27. The van der Waals surface area contributed by atoms with Gasteiger partial charge >= 0.3 is 11.9 Å². The molecule has 2 aromatic heterocycles. The first-order chi connectivity index (χ1) is 13.8. The van der Waals surface area contributed by atoms with E-state index in [1.165, 1.54) is 24.8 Å². The highest BCUT2D eigenvalue weighted by atomic mass is 32.2. The van der Waals surface area contributed by atoms with Crippen molar-refractivity contribution in [1.29, 1.82) is 0 Å². The number of thiophene rings is 2. The number of rotatable bonds is 5. The van der Waals surface area contributed by atoms with Crippen molar-refractivity contribution in [3.63, 3.8) is 0 Å². The summed E-state index contributed by atoms with van der Waals surface area (Å²) < 4.78 is 56.9. The molecule has 0 aromatic carbocycles. The van der Waals surface area contributed by atoms with Gasteiger partial charge in [0.05, 0.1) is 25.3 Å². The Bertz CT molecular complexity index is 1220. The van der Waals surface area contributed by atoms with Crippen LogP contribution in [0.5, 0.6) is 0 Å². The summed E-state index contributed by atoms with van der Waals surface area (Å²) in [5.41, 5.74) is -0.124. The van der Waals surface area contributed by atoms with E-state index in [1.54, 1.807) is 6.92 Å². The molecule has 0 spiro atoms. The van der Waals surface area contributed by atoms with E-state index in [4.69, 9.17) is 5.14 Å². The lowest BCUT2D eigenvalue weighted by molar-refractivity contribution is 0.0588. The number of hydrogen-bond acceptors (Lipinski definition) is 11. The fraction of sp³-hybridized carbons (Fsp3) is 0.267. The normalized spacial score (nSPS) is 11.0. The molecule has 2 aromatic rings. The number of primary sulfonamides is 1. The van der Waals surface area contributed by atoms with Gasteiger partial charge in [-0.25, -0.2) is 27.9 Å². The van der Waals surface area contributed by atoms with Crippen LogP contribution >= 0.6 is 22.7 Å². The van der Waals surface area contributed by atoms with E-state index in [-0.39, 0.29) is 20.9 Å². The van der Waals surface area contributed by atoms with E-state index in [1.807, 2.05) is 0 Å². The molecule has 2 heterocycles. The van der Waals surface area contributed by atoms with Gasteiger partial charge in [-0.05, 0) is 13.8 Å². The average Bonchev–Trinajstić information content (AvgIpc) is 3.24. The Hall–Kier alpha value is -2.42. The largest absolute Gasteiger partial charge is 0.465 e. The summed E-state index contributed by atoms with van der Waals surface area (Å²) in [5.74, 6) is -1.48. The molecule has 0 aliphatic carbocycles. The third-order valence-corrected chi connectivity index (χ3v) is 7.88. The molecule has 0 aliphatic rings. The molecular weight excluding hydrogens is 480 g/mol. The number of isocyanates is 1. The van der Waals surface area contributed by atoms with Crippen LogP contribution in [-0.2, 0) is 34.3 Å². The van der Waals surface area contributed by atoms with Crippen LogP contribution in [0.2, 0.25) is 0 Å². The van der Waals surface area contributed by atoms with Crippen molar-refractivity contribution in [1.82, 2.24) is 0 Å². The van der Waals surface area contributed by atoms with Crippen LogP contribution in [-0.4, -0.2) is 49.1 Å². The number of methoxy groups -OCH3 is 2. The van der Waals surface area contributed by atoms with Crippen LogP contribution in [0, 0.1) is 13.8 Å². The molecule has 11 nitrogen and oxygen atoms in total. The lowest BCUT2D eigenvalue weighted by atomic mass is 10.3. The maximum absolute atomic E-state index is 11.5. The Morgan fingerprint density at radius 3 is 1.70 bits per heavy atom. The fourth-order valence-corrected chi connectivity index (χ4v) is 6.53. The Labute approximate surface area is 180 Å². The summed E-state index contributed by atoms with van der Waals surface area (Å²) >= 11 is 2.20.